The molecule has 0 spiro atoms. The second kappa shape index (κ2) is 11.0. The van der Waals surface area contributed by atoms with Crippen molar-refractivity contribution < 1.29 is 15.0 Å². The molecule has 0 aliphatic heterocycles. The summed E-state index contributed by atoms with van der Waals surface area (Å²) in [4.78, 5) is 12.9. The number of amides is 1. The average Bonchev–Trinajstić information content (AvgIpc) is 3.17. The summed E-state index contributed by atoms with van der Waals surface area (Å²) in [5, 5.41) is 23.5. The van der Waals surface area contributed by atoms with Gasteiger partial charge in [0.05, 0.1) is 0 Å². The predicted molar refractivity (Wildman–Crippen MR) is 155 cm³/mol. The van der Waals surface area contributed by atoms with Gasteiger partial charge >= 0.3 is 0 Å². The van der Waals surface area contributed by atoms with Crippen LogP contribution in [0, 0.1) is 13.8 Å². The van der Waals surface area contributed by atoms with Gasteiger partial charge in [0.25, 0.3) is 5.91 Å². The highest BCUT2D eigenvalue weighted by molar-refractivity contribution is 9.10. The molecule has 6 heteroatoms. The summed E-state index contributed by atoms with van der Waals surface area (Å²) in [7, 11) is 0. The number of aliphatic hydroxyl groups is 2. The Morgan fingerprint density at radius 3 is 2.37 bits per heavy atom. The number of carbonyl (C=O) groups excluding carboxylic acids is 1. The van der Waals surface area contributed by atoms with Crippen molar-refractivity contribution in [3.8, 4) is 11.1 Å². The van der Waals surface area contributed by atoms with Crippen LogP contribution in [0.2, 0.25) is 0 Å². The van der Waals surface area contributed by atoms with Gasteiger partial charge in [-0.15, -0.1) is 0 Å². The molecular formula is C32H29BrN2O3. The number of aliphatic hydroxyl groups excluding tert-OH is 1. The van der Waals surface area contributed by atoms with E-state index in [1.54, 1.807) is 12.1 Å². The van der Waals surface area contributed by atoms with Crippen LogP contribution in [0.3, 0.4) is 0 Å². The first kappa shape index (κ1) is 25.9. The van der Waals surface area contributed by atoms with Crippen LogP contribution in [0.4, 0.5) is 0 Å². The van der Waals surface area contributed by atoms with Crippen LogP contribution >= 0.6 is 15.9 Å². The van der Waals surface area contributed by atoms with Crippen molar-refractivity contribution in [1.29, 1.82) is 0 Å². The van der Waals surface area contributed by atoms with E-state index in [9.17, 15) is 15.0 Å². The Labute approximate surface area is 230 Å². The van der Waals surface area contributed by atoms with Crippen molar-refractivity contribution >= 4 is 32.7 Å². The summed E-state index contributed by atoms with van der Waals surface area (Å²) in [5.74, 6) is -0.101. The quantitative estimate of drug-likeness (QED) is 0.192. The lowest BCUT2D eigenvalue weighted by Crippen LogP contribution is -2.22. The molecule has 5 rings (SSSR count). The Hall–Kier alpha value is -3.71. The minimum Gasteiger partial charge on any atom is -0.364 e. The second-order valence-corrected chi connectivity index (χ2v) is 10.3. The number of rotatable bonds is 7. The molecule has 0 saturated carbocycles. The minimum absolute atomic E-state index is 0.101. The van der Waals surface area contributed by atoms with Crippen LogP contribution in [0.5, 0.6) is 0 Å². The largest absolute Gasteiger partial charge is 0.364 e. The van der Waals surface area contributed by atoms with Crippen molar-refractivity contribution in [2.75, 3.05) is 0 Å². The molecule has 5 aromatic rings. The van der Waals surface area contributed by atoms with Gasteiger partial charge in [-0.05, 0) is 65.9 Å². The molecule has 0 bridgehead atoms. The number of halogens is 1. The minimum atomic E-state index is -1.52. The molecule has 0 aliphatic carbocycles. The van der Waals surface area contributed by atoms with Crippen LogP contribution in [-0.2, 0) is 13.1 Å². The average molecular weight is 569 g/mol. The van der Waals surface area contributed by atoms with Crippen LogP contribution in [0.15, 0.2) is 95.5 Å². The summed E-state index contributed by atoms with van der Waals surface area (Å²) in [5.41, 5.74) is 8.41. The van der Waals surface area contributed by atoms with Gasteiger partial charge in [-0.25, -0.2) is 0 Å². The smallest absolute Gasteiger partial charge is 0.251 e. The molecule has 0 atom stereocenters. The number of fused-ring (bicyclic) bond motifs is 1. The number of benzene rings is 4. The van der Waals surface area contributed by atoms with E-state index in [0.717, 1.165) is 48.9 Å². The maximum absolute atomic E-state index is 12.9. The highest BCUT2D eigenvalue weighted by atomic mass is 79.9. The number of aromatic nitrogens is 1. The van der Waals surface area contributed by atoms with Crippen LogP contribution in [0.25, 0.3) is 22.0 Å². The first-order chi connectivity index (χ1) is 18.3. The SMILES string of the molecule is Cc1c(C)n(Cc2ccc(-c3ccccc3C(O)O)cc2)c2ccc(C(=O)NCc3ccccc3Br)cc12. The Balaban J connectivity index is 1.37. The maximum atomic E-state index is 12.9. The van der Waals surface area contributed by atoms with E-state index in [1.807, 2.05) is 66.7 Å². The van der Waals surface area contributed by atoms with Crippen LogP contribution in [-0.4, -0.2) is 20.7 Å². The third kappa shape index (κ3) is 5.16. The number of nitrogens with zero attached hydrogens (tertiary/aromatic N) is 1. The normalized spacial score (nSPS) is 11.3. The Morgan fingerprint density at radius 1 is 0.921 bits per heavy atom. The first-order valence-corrected chi connectivity index (χ1v) is 13.3. The van der Waals surface area contributed by atoms with Crippen molar-refractivity contribution in [2.24, 2.45) is 0 Å². The predicted octanol–water partition coefficient (Wildman–Crippen LogP) is 6.65. The number of hydrogen-bond acceptors (Lipinski definition) is 3. The van der Waals surface area contributed by atoms with Gasteiger partial charge in [0.1, 0.15) is 0 Å². The van der Waals surface area contributed by atoms with Gasteiger partial charge in [0.15, 0.2) is 6.29 Å². The molecule has 3 N–H and O–H groups in total. The van der Waals surface area contributed by atoms with E-state index in [1.165, 1.54) is 0 Å². The lowest BCUT2D eigenvalue weighted by molar-refractivity contribution is -0.0420. The van der Waals surface area contributed by atoms with E-state index in [0.29, 0.717) is 24.2 Å². The van der Waals surface area contributed by atoms with E-state index >= 15 is 0 Å². The molecule has 0 saturated heterocycles. The second-order valence-electron chi connectivity index (χ2n) is 9.46. The third-order valence-electron chi connectivity index (χ3n) is 7.14. The molecular weight excluding hydrogens is 540 g/mol. The monoisotopic (exact) mass is 568 g/mol. The van der Waals surface area contributed by atoms with Gasteiger partial charge in [-0.1, -0.05) is 82.7 Å². The molecule has 38 heavy (non-hydrogen) atoms. The molecule has 4 aromatic carbocycles. The summed E-state index contributed by atoms with van der Waals surface area (Å²) >= 11 is 3.53. The number of carbonyl (C=O) groups is 1. The molecule has 0 unspecified atom stereocenters. The Kier molecular flexibility index (Phi) is 7.47. The number of aryl methyl sites for hydroxylation is 1. The summed E-state index contributed by atoms with van der Waals surface area (Å²) in [6, 6.07) is 29.2. The van der Waals surface area contributed by atoms with E-state index in [-0.39, 0.29) is 5.91 Å². The Morgan fingerprint density at radius 2 is 1.63 bits per heavy atom. The molecule has 1 amide bonds. The van der Waals surface area contributed by atoms with Crippen molar-refractivity contribution in [3.63, 3.8) is 0 Å². The summed E-state index contributed by atoms with van der Waals surface area (Å²) in [6.45, 7) is 5.34. The molecule has 0 radical (unpaired) electrons. The maximum Gasteiger partial charge on any atom is 0.251 e. The van der Waals surface area contributed by atoms with Gasteiger partial charge in [0, 0.05) is 45.3 Å². The fourth-order valence-electron chi connectivity index (χ4n) is 4.87. The highest BCUT2D eigenvalue weighted by Crippen LogP contribution is 2.30. The third-order valence-corrected chi connectivity index (χ3v) is 7.92. The first-order valence-electron chi connectivity index (χ1n) is 12.5. The fourth-order valence-corrected chi connectivity index (χ4v) is 5.30. The van der Waals surface area contributed by atoms with Crippen molar-refractivity contribution in [3.05, 3.63) is 129 Å². The summed E-state index contributed by atoms with van der Waals surface area (Å²) in [6.07, 6.45) is -1.52. The number of hydrogen-bond donors (Lipinski definition) is 3. The highest BCUT2D eigenvalue weighted by Gasteiger charge is 2.15. The van der Waals surface area contributed by atoms with Gasteiger partial charge in [0.2, 0.25) is 0 Å². The molecule has 1 heterocycles. The van der Waals surface area contributed by atoms with Gasteiger partial charge in [-0.3, -0.25) is 4.79 Å². The van der Waals surface area contributed by atoms with Crippen LogP contribution in [0.1, 0.15) is 44.6 Å². The van der Waals surface area contributed by atoms with E-state index < -0.39 is 6.29 Å². The van der Waals surface area contributed by atoms with Gasteiger partial charge in [-0.2, -0.15) is 0 Å². The van der Waals surface area contributed by atoms with Crippen LogP contribution < -0.4 is 5.32 Å². The Bertz CT molecular complexity index is 1620. The fraction of sp³-hybridized carbons (Fsp3) is 0.156. The zero-order valence-electron chi connectivity index (χ0n) is 21.3. The lowest BCUT2D eigenvalue weighted by atomic mass is 9.98. The molecule has 1 aromatic heterocycles. The molecule has 192 valence electrons. The molecule has 5 nitrogen and oxygen atoms in total. The number of nitrogens with one attached hydrogen (secondary N) is 1. The lowest BCUT2D eigenvalue weighted by Gasteiger charge is -2.13. The zero-order valence-corrected chi connectivity index (χ0v) is 22.9. The van der Waals surface area contributed by atoms with Crippen molar-refractivity contribution in [2.45, 2.75) is 33.2 Å². The van der Waals surface area contributed by atoms with Crippen molar-refractivity contribution in [1.82, 2.24) is 9.88 Å². The summed E-state index contributed by atoms with van der Waals surface area (Å²) < 4.78 is 3.25. The zero-order chi connectivity index (χ0) is 26.8. The standard InChI is InChI=1S/C32H29BrN2O3/c1-20-21(2)35(19-22-11-13-23(14-12-22)26-8-4-5-9-27(26)32(37)38)30-16-15-24(17-28(20)30)31(36)34-18-25-7-3-6-10-29(25)33/h3-17,32,37-38H,18-19H2,1-2H3,(H,34,36). The topological polar surface area (TPSA) is 74.5 Å². The van der Waals surface area contributed by atoms with Gasteiger partial charge < -0.3 is 20.1 Å². The molecule has 0 aliphatic rings. The molecule has 0 fully saturated rings. The van der Waals surface area contributed by atoms with E-state index in [4.69, 9.17) is 0 Å². The van der Waals surface area contributed by atoms with E-state index in [2.05, 4.69) is 51.8 Å².